The maximum atomic E-state index is 12.4. The number of aromatic nitrogens is 3. The highest BCUT2D eigenvalue weighted by Crippen LogP contribution is 2.31. The van der Waals surface area contributed by atoms with E-state index in [4.69, 9.17) is 0 Å². The molecule has 5 nitrogen and oxygen atoms in total. The molecule has 0 saturated carbocycles. The van der Waals surface area contributed by atoms with E-state index in [0.717, 1.165) is 16.3 Å². The number of thiazole rings is 1. The molecule has 0 unspecified atom stereocenters. The topological polar surface area (TPSA) is 70.7 Å². The Balaban J connectivity index is 1.77. The van der Waals surface area contributed by atoms with Crippen LogP contribution in [-0.2, 0) is 0 Å². The van der Waals surface area contributed by atoms with Crippen LogP contribution in [0, 0.1) is 6.92 Å². The summed E-state index contributed by atoms with van der Waals surface area (Å²) >= 11 is 6.53. The van der Waals surface area contributed by atoms with Gasteiger partial charge in [0.2, 0.25) is 0 Å². The number of amides is 1. The lowest BCUT2D eigenvalue weighted by atomic mass is 10.1. The molecule has 3 heterocycles. The summed E-state index contributed by atoms with van der Waals surface area (Å²) in [4.78, 5) is 19.2. The van der Waals surface area contributed by atoms with E-state index in [1.807, 2.05) is 25.3 Å². The lowest BCUT2D eigenvalue weighted by molar-refractivity contribution is 0.102. The molecule has 3 rings (SSSR count). The molecule has 2 N–H and O–H groups in total. The maximum Gasteiger partial charge on any atom is 0.279 e. The summed E-state index contributed by atoms with van der Waals surface area (Å²) in [6.45, 7) is 6.14. The summed E-state index contributed by atoms with van der Waals surface area (Å²) in [5, 5.41) is 12.3. The van der Waals surface area contributed by atoms with Gasteiger partial charge in [-0.2, -0.15) is 5.10 Å². The molecule has 3 aromatic rings. The summed E-state index contributed by atoms with van der Waals surface area (Å²) in [6.07, 6.45) is 0. The van der Waals surface area contributed by atoms with Crippen molar-refractivity contribution in [1.82, 2.24) is 15.2 Å². The number of hydrogen-bond acceptors (Lipinski definition) is 5. The predicted molar refractivity (Wildman–Crippen MR) is 98.5 cm³/mol. The average molecular weight is 411 g/mol. The maximum absolute atomic E-state index is 12.4. The van der Waals surface area contributed by atoms with Crippen molar-refractivity contribution in [2.24, 2.45) is 0 Å². The minimum Gasteiger partial charge on any atom is -0.296 e. The lowest BCUT2D eigenvalue weighted by Gasteiger charge is -2.01. The molecule has 0 aromatic carbocycles. The number of rotatable bonds is 4. The monoisotopic (exact) mass is 410 g/mol. The average Bonchev–Trinajstić information content (AvgIpc) is 3.18. The number of nitrogens with zero attached hydrogens (tertiary/aromatic N) is 2. The molecule has 0 fully saturated rings. The van der Waals surface area contributed by atoms with Crippen molar-refractivity contribution >= 4 is 49.6 Å². The summed E-state index contributed by atoms with van der Waals surface area (Å²) in [5.41, 5.74) is 2.13. The number of aryl methyl sites for hydroxylation is 1. The Morgan fingerprint density at radius 3 is 2.78 bits per heavy atom. The standard InChI is InChI=1S/C15H15BrN4OS2/c1-7(2)12-11(16)13(20-19-12)14(21)18-15-17-9(6-22-15)10-5-4-8(3)23-10/h4-7H,1-3H3,(H,19,20)(H,17,18,21). The number of aromatic amines is 1. The molecule has 0 bridgehead atoms. The predicted octanol–water partition coefficient (Wildman–Crippen LogP) is 5.04. The van der Waals surface area contributed by atoms with Crippen molar-refractivity contribution in [1.29, 1.82) is 0 Å². The number of hydrogen-bond donors (Lipinski definition) is 2. The molecule has 0 saturated heterocycles. The second kappa shape index (κ2) is 6.54. The third kappa shape index (κ3) is 3.39. The second-order valence-electron chi connectivity index (χ2n) is 5.36. The van der Waals surface area contributed by atoms with Crippen LogP contribution in [0.1, 0.15) is 40.8 Å². The smallest absolute Gasteiger partial charge is 0.279 e. The van der Waals surface area contributed by atoms with E-state index in [2.05, 4.69) is 49.4 Å². The first-order chi connectivity index (χ1) is 11.0. The van der Waals surface area contributed by atoms with Gasteiger partial charge in [0.1, 0.15) is 0 Å². The molecular formula is C15H15BrN4OS2. The summed E-state index contributed by atoms with van der Waals surface area (Å²) in [7, 11) is 0. The van der Waals surface area contributed by atoms with Crippen LogP contribution in [0.4, 0.5) is 5.13 Å². The van der Waals surface area contributed by atoms with Crippen LogP contribution in [0.5, 0.6) is 0 Å². The summed E-state index contributed by atoms with van der Waals surface area (Å²) in [6, 6.07) is 4.10. The van der Waals surface area contributed by atoms with Crippen LogP contribution in [0.3, 0.4) is 0 Å². The highest BCUT2D eigenvalue weighted by atomic mass is 79.9. The lowest BCUT2D eigenvalue weighted by Crippen LogP contribution is -2.12. The SMILES string of the molecule is Cc1ccc(-c2csc(NC(=O)c3n[nH]c(C(C)C)c3Br)n2)s1. The molecule has 0 atom stereocenters. The van der Waals surface area contributed by atoms with Crippen molar-refractivity contribution < 1.29 is 4.79 Å². The van der Waals surface area contributed by atoms with E-state index in [9.17, 15) is 4.79 Å². The number of H-pyrrole nitrogens is 1. The molecule has 8 heteroatoms. The zero-order chi connectivity index (χ0) is 16.6. The van der Waals surface area contributed by atoms with Crippen LogP contribution >= 0.6 is 38.6 Å². The highest BCUT2D eigenvalue weighted by Gasteiger charge is 2.20. The van der Waals surface area contributed by atoms with E-state index in [1.165, 1.54) is 16.2 Å². The van der Waals surface area contributed by atoms with Gasteiger partial charge in [-0.25, -0.2) is 4.98 Å². The van der Waals surface area contributed by atoms with Crippen molar-refractivity contribution in [3.63, 3.8) is 0 Å². The normalized spacial score (nSPS) is 11.2. The first-order valence-electron chi connectivity index (χ1n) is 7.03. The first kappa shape index (κ1) is 16.4. The van der Waals surface area contributed by atoms with Gasteiger partial charge in [0.25, 0.3) is 5.91 Å². The van der Waals surface area contributed by atoms with E-state index in [0.29, 0.717) is 15.3 Å². The van der Waals surface area contributed by atoms with Crippen LogP contribution in [0.25, 0.3) is 10.6 Å². The molecule has 0 aliphatic carbocycles. The summed E-state index contributed by atoms with van der Waals surface area (Å²) < 4.78 is 0.704. The van der Waals surface area contributed by atoms with E-state index in [-0.39, 0.29) is 11.8 Å². The van der Waals surface area contributed by atoms with Gasteiger partial charge >= 0.3 is 0 Å². The van der Waals surface area contributed by atoms with Gasteiger partial charge in [0, 0.05) is 10.3 Å². The van der Waals surface area contributed by atoms with Crippen LogP contribution in [0.15, 0.2) is 22.0 Å². The summed E-state index contributed by atoms with van der Waals surface area (Å²) in [5.74, 6) is -0.0183. The highest BCUT2D eigenvalue weighted by molar-refractivity contribution is 9.10. The van der Waals surface area contributed by atoms with Crippen molar-refractivity contribution in [3.05, 3.63) is 38.3 Å². The first-order valence-corrected chi connectivity index (χ1v) is 9.52. The van der Waals surface area contributed by atoms with Gasteiger partial charge in [-0.05, 0) is 40.9 Å². The van der Waals surface area contributed by atoms with Gasteiger partial charge in [-0.3, -0.25) is 15.2 Å². The zero-order valence-corrected chi connectivity index (χ0v) is 16.0. The van der Waals surface area contributed by atoms with Crippen molar-refractivity contribution in [2.45, 2.75) is 26.7 Å². The Morgan fingerprint density at radius 1 is 1.39 bits per heavy atom. The number of carbonyl (C=O) groups excluding carboxylic acids is 1. The van der Waals surface area contributed by atoms with E-state index < -0.39 is 0 Å². The fourth-order valence-electron chi connectivity index (χ4n) is 2.05. The van der Waals surface area contributed by atoms with Crippen LogP contribution in [-0.4, -0.2) is 21.1 Å². The molecule has 120 valence electrons. The van der Waals surface area contributed by atoms with Gasteiger partial charge in [-0.15, -0.1) is 22.7 Å². The fourth-order valence-corrected chi connectivity index (χ4v) is 4.47. The molecule has 23 heavy (non-hydrogen) atoms. The van der Waals surface area contributed by atoms with Crippen LogP contribution in [0.2, 0.25) is 0 Å². The largest absolute Gasteiger partial charge is 0.296 e. The van der Waals surface area contributed by atoms with Gasteiger partial charge in [-0.1, -0.05) is 13.8 Å². The van der Waals surface area contributed by atoms with Gasteiger partial charge in [0.05, 0.1) is 20.7 Å². The van der Waals surface area contributed by atoms with Crippen molar-refractivity contribution in [2.75, 3.05) is 5.32 Å². The number of halogens is 1. The van der Waals surface area contributed by atoms with Crippen molar-refractivity contribution in [3.8, 4) is 10.6 Å². The molecular weight excluding hydrogens is 396 g/mol. The third-order valence-corrected chi connectivity index (χ3v) is 5.83. The molecule has 0 aliphatic heterocycles. The Hall–Kier alpha value is -1.51. The Labute approximate surface area is 150 Å². The zero-order valence-electron chi connectivity index (χ0n) is 12.8. The van der Waals surface area contributed by atoms with E-state index >= 15 is 0 Å². The molecule has 0 aliphatic rings. The third-order valence-electron chi connectivity index (χ3n) is 3.24. The fraction of sp³-hybridized carbons (Fsp3) is 0.267. The Kier molecular flexibility index (Phi) is 4.65. The quantitative estimate of drug-likeness (QED) is 0.632. The Bertz CT molecular complexity index is 849. The Morgan fingerprint density at radius 2 is 2.17 bits per heavy atom. The molecule has 0 spiro atoms. The second-order valence-corrected chi connectivity index (χ2v) is 8.30. The number of thiophene rings is 1. The molecule has 3 aromatic heterocycles. The number of nitrogens with one attached hydrogen (secondary N) is 2. The molecule has 0 radical (unpaired) electrons. The van der Waals surface area contributed by atoms with Gasteiger partial charge in [0.15, 0.2) is 10.8 Å². The minimum absolute atomic E-state index is 0.256. The van der Waals surface area contributed by atoms with Gasteiger partial charge < -0.3 is 0 Å². The van der Waals surface area contributed by atoms with E-state index in [1.54, 1.807) is 11.3 Å². The number of carbonyl (C=O) groups is 1. The number of anilines is 1. The minimum atomic E-state index is -0.275. The molecule has 1 amide bonds. The van der Waals surface area contributed by atoms with Crippen LogP contribution < -0.4 is 5.32 Å².